The van der Waals surface area contributed by atoms with Crippen LogP contribution in [0.4, 0.5) is 0 Å². The molecule has 3 rings (SSSR count). The lowest BCUT2D eigenvalue weighted by molar-refractivity contribution is 0.00633. The third kappa shape index (κ3) is 2.38. The van der Waals surface area contributed by atoms with Crippen LogP contribution in [0.25, 0.3) is 11.0 Å². The SMILES string of the molecule is COc1ccc2c(c1)nc(CCl)n2C1CCOC(C)C1. The van der Waals surface area contributed by atoms with Gasteiger partial charge in [0.05, 0.1) is 30.1 Å². The number of alkyl halides is 1. The quantitative estimate of drug-likeness (QED) is 0.813. The van der Waals surface area contributed by atoms with Crippen LogP contribution in [0.1, 0.15) is 31.6 Å². The monoisotopic (exact) mass is 294 g/mol. The van der Waals surface area contributed by atoms with Gasteiger partial charge in [0.2, 0.25) is 0 Å². The number of aromatic nitrogens is 2. The van der Waals surface area contributed by atoms with Crippen molar-refractivity contribution in [2.75, 3.05) is 13.7 Å². The first kappa shape index (κ1) is 13.7. The van der Waals surface area contributed by atoms with Gasteiger partial charge in [-0.2, -0.15) is 0 Å². The van der Waals surface area contributed by atoms with Crippen molar-refractivity contribution in [3.63, 3.8) is 0 Å². The Bertz CT molecular complexity index is 611. The van der Waals surface area contributed by atoms with Crippen LogP contribution < -0.4 is 4.74 Å². The Kier molecular flexibility index (Phi) is 3.85. The van der Waals surface area contributed by atoms with Gasteiger partial charge in [0.15, 0.2) is 0 Å². The summed E-state index contributed by atoms with van der Waals surface area (Å²) in [4.78, 5) is 4.65. The molecule has 20 heavy (non-hydrogen) atoms. The molecule has 0 N–H and O–H groups in total. The van der Waals surface area contributed by atoms with Crippen LogP contribution in [0.3, 0.4) is 0 Å². The average molecular weight is 295 g/mol. The van der Waals surface area contributed by atoms with Crippen LogP contribution in [0.15, 0.2) is 18.2 Å². The molecule has 0 amide bonds. The third-order valence-electron chi connectivity index (χ3n) is 3.91. The molecule has 1 aliphatic heterocycles. The van der Waals surface area contributed by atoms with Crippen LogP contribution in [0, 0.1) is 0 Å². The summed E-state index contributed by atoms with van der Waals surface area (Å²) in [5.74, 6) is 2.17. The van der Waals surface area contributed by atoms with Gasteiger partial charge in [0.1, 0.15) is 11.6 Å². The first-order valence-electron chi connectivity index (χ1n) is 6.95. The van der Waals surface area contributed by atoms with Crippen molar-refractivity contribution in [1.29, 1.82) is 0 Å². The zero-order valence-electron chi connectivity index (χ0n) is 11.8. The smallest absolute Gasteiger partial charge is 0.125 e. The van der Waals surface area contributed by atoms with E-state index in [1.807, 2.05) is 12.1 Å². The average Bonchev–Trinajstić information content (AvgIpc) is 2.84. The fourth-order valence-corrected chi connectivity index (χ4v) is 3.15. The molecule has 0 aliphatic carbocycles. The van der Waals surface area contributed by atoms with Crippen molar-refractivity contribution < 1.29 is 9.47 Å². The van der Waals surface area contributed by atoms with Gasteiger partial charge in [-0.15, -0.1) is 11.6 Å². The molecule has 2 heterocycles. The first-order valence-corrected chi connectivity index (χ1v) is 7.48. The maximum atomic E-state index is 6.09. The fraction of sp³-hybridized carbons (Fsp3) is 0.533. The number of imidazole rings is 1. The summed E-state index contributed by atoms with van der Waals surface area (Å²) in [7, 11) is 1.67. The Hall–Kier alpha value is -1.26. The van der Waals surface area contributed by atoms with Crippen molar-refractivity contribution in [3.05, 3.63) is 24.0 Å². The van der Waals surface area contributed by atoms with Gasteiger partial charge in [-0.3, -0.25) is 0 Å². The highest BCUT2D eigenvalue weighted by Crippen LogP contribution is 2.32. The summed E-state index contributed by atoms with van der Waals surface area (Å²) in [5, 5.41) is 0. The molecule has 5 heteroatoms. The standard InChI is InChI=1S/C15H19ClN2O2/c1-10-7-11(5-6-20-10)18-14-4-3-12(19-2)8-13(14)17-15(18)9-16/h3-4,8,10-11H,5-7,9H2,1-2H3. The second-order valence-electron chi connectivity index (χ2n) is 5.25. The van der Waals surface area contributed by atoms with E-state index >= 15 is 0 Å². The van der Waals surface area contributed by atoms with E-state index < -0.39 is 0 Å². The van der Waals surface area contributed by atoms with E-state index in [1.54, 1.807) is 7.11 Å². The van der Waals surface area contributed by atoms with Gasteiger partial charge in [-0.05, 0) is 31.9 Å². The maximum Gasteiger partial charge on any atom is 0.125 e. The number of fused-ring (bicyclic) bond motifs is 1. The number of benzene rings is 1. The van der Waals surface area contributed by atoms with Gasteiger partial charge in [0.25, 0.3) is 0 Å². The van der Waals surface area contributed by atoms with Crippen LogP contribution in [0.5, 0.6) is 5.75 Å². The van der Waals surface area contributed by atoms with Crippen LogP contribution in [0.2, 0.25) is 0 Å². The lowest BCUT2D eigenvalue weighted by Crippen LogP contribution is -2.26. The van der Waals surface area contributed by atoms with E-state index in [9.17, 15) is 0 Å². The van der Waals surface area contributed by atoms with E-state index in [0.29, 0.717) is 11.9 Å². The maximum absolute atomic E-state index is 6.09. The fourth-order valence-electron chi connectivity index (χ4n) is 2.97. The molecule has 1 saturated heterocycles. The van der Waals surface area contributed by atoms with Crippen LogP contribution in [-0.2, 0) is 10.6 Å². The summed E-state index contributed by atoms with van der Waals surface area (Å²) in [6, 6.07) is 6.41. The molecule has 1 aliphatic rings. The number of hydrogen-bond acceptors (Lipinski definition) is 3. The molecule has 2 unspecified atom stereocenters. The van der Waals surface area contributed by atoms with Crippen LogP contribution in [-0.4, -0.2) is 29.4 Å². The molecule has 0 spiro atoms. The van der Waals surface area contributed by atoms with E-state index in [2.05, 4.69) is 22.5 Å². The van der Waals surface area contributed by atoms with Crippen molar-refractivity contribution in [2.24, 2.45) is 0 Å². The van der Waals surface area contributed by atoms with E-state index in [1.165, 1.54) is 0 Å². The Morgan fingerprint density at radius 2 is 2.35 bits per heavy atom. The number of rotatable bonds is 3. The summed E-state index contributed by atoms with van der Waals surface area (Å²) in [6.07, 6.45) is 2.29. The zero-order chi connectivity index (χ0) is 14.1. The molecule has 1 aromatic carbocycles. The molecule has 0 saturated carbocycles. The number of hydrogen-bond donors (Lipinski definition) is 0. The molecule has 0 bridgehead atoms. The van der Waals surface area contributed by atoms with Crippen molar-refractivity contribution in [2.45, 2.75) is 37.8 Å². The minimum atomic E-state index is 0.285. The van der Waals surface area contributed by atoms with Crippen LogP contribution >= 0.6 is 11.6 Å². The molecular weight excluding hydrogens is 276 g/mol. The first-order chi connectivity index (χ1) is 9.72. The van der Waals surface area contributed by atoms with Crippen molar-refractivity contribution in [1.82, 2.24) is 9.55 Å². The Balaban J connectivity index is 2.07. The lowest BCUT2D eigenvalue weighted by Gasteiger charge is -2.29. The van der Waals surface area contributed by atoms with E-state index in [0.717, 1.165) is 42.1 Å². The number of halogens is 1. The summed E-state index contributed by atoms with van der Waals surface area (Å²) >= 11 is 6.09. The van der Waals surface area contributed by atoms with Crippen molar-refractivity contribution in [3.8, 4) is 5.75 Å². The number of methoxy groups -OCH3 is 1. The normalized spacial score (nSPS) is 23.1. The minimum absolute atomic E-state index is 0.285. The minimum Gasteiger partial charge on any atom is -0.497 e. The predicted molar refractivity (Wildman–Crippen MR) is 79.5 cm³/mol. The molecule has 108 valence electrons. The molecule has 2 aromatic rings. The van der Waals surface area contributed by atoms with Gasteiger partial charge in [0, 0.05) is 18.7 Å². The Labute approximate surface area is 123 Å². The van der Waals surface area contributed by atoms with E-state index in [-0.39, 0.29) is 6.10 Å². The molecule has 0 radical (unpaired) electrons. The third-order valence-corrected chi connectivity index (χ3v) is 4.15. The topological polar surface area (TPSA) is 36.3 Å². The van der Waals surface area contributed by atoms with Gasteiger partial charge in [-0.25, -0.2) is 4.98 Å². The Morgan fingerprint density at radius 1 is 1.50 bits per heavy atom. The highest BCUT2D eigenvalue weighted by Gasteiger charge is 2.24. The molecule has 1 aromatic heterocycles. The molecular formula is C15H19ClN2O2. The molecule has 1 fully saturated rings. The second-order valence-corrected chi connectivity index (χ2v) is 5.51. The highest BCUT2D eigenvalue weighted by molar-refractivity contribution is 6.16. The van der Waals surface area contributed by atoms with Gasteiger partial charge >= 0.3 is 0 Å². The van der Waals surface area contributed by atoms with E-state index in [4.69, 9.17) is 21.1 Å². The highest BCUT2D eigenvalue weighted by atomic mass is 35.5. The summed E-state index contributed by atoms with van der Waals surface area (Å²) in [5.41, 5.74) is 2.07. The molecule has 2 atom stereocenters. The number of nitrogens with zero attached hydrogens (tertiary/aromatic N) is 2. The zero-order valence-corrected chi connectivity index (χ0v) is 12.6. The molecule has 4 nitrogen and oxygen atoms in total. The second kappa shape index (κ2) is 5.62. The number of ether oxygens (including phenoxy) is 2. The Morgan fingerprint density at radius 3 is 3.05 bits per heavy atom. The lowest BCUT2D eigenvalue weighted by atomic mass is 10.0. The van der Waals surface area contributed by atoms with Gasteiger partial charge < -0.3 is 14.0 Å². The van der Waals surface area contributed by atoms with Gasteiger partial charge in [-0.1, -0.05) is 0 Å². The predicted octanol–water partition coefficient (Wildman–Crippen LogP) is 3.52. The van der Waals surface area contributed by atoms with Crippen molar-refractivity contribution >= 4 is 22.6 Å². The summed E-state index contributed by atoms with van der Waals surface area (Å²) < 4.78 is 13.2. The summed E-state index contributed by atoms with van der Waals surface area (Å²) in [6.45, 7) is 2.91. The largest absolute Gasteiger partial charge is 0.497 e.